The SMILES string of the molecule is C=CC1(C)CC(OC(=O)CSCCN2CCN(CCO)CC2)C2(C)C(C)CCC3(CCC(=O)C32)C(C)C1O. The number of esters is 1. The van der Waals surface area contributed by atoms with Crippen molar-refractivity contribution in [1.82, 2.24) is 9.80 Å². The maximum Gasteiger partial charge on any atom is 0.316 e. The smallest absolute Gasteiger partial charge is 0.316 e. The zero-order valence-electron chi connectivity index (χ0n) is 24.0. The molecule has 2 N–H and O–H groups in total. The van der Waals surface area contributed by atoms with E-state index < -0.39 is 23.0 Å². The Hall–Kier alpha value is -0.930. The molecule has 1 heterocycles. The molecule has 216 valence electrons. The van der Waals surface area contributed by atoms with E-state index in [0.717, 1.165) is 64.3 Å². The van der Waals surface area contributed by atoms with Crippen LogP contribution in [-0.2, 0) is 14.3 Å². The van der Waals surface area contributed by atoms with Gasteiger partial charge in [0.05, 0.1) is 18.5 Å². The van der Waals surface area contributed by atoms with Gasteiger partial charge in [-0.3, -0.25) is 19.4 Å². The van der Waals surface area contributed by atoms with Gasteiger partial charge in [0.15, 0.2) is 0 Å². The number of ether oxygens (including phenoxy) is 1. The number of hydrogen-bond acceptors (Lipinski definition) is 8. The van der Waals surface area contributed by atoms with Gasteiger partial charge in [0.2, 0.25) is 0 Å². The van der Waals surface area contributed by atoms with Gasteiger partial charge < -0.3 is 14.9 Å². The van der Waals surface area contributed by atoms with Crippen molar-refractivity contribution in [3.63, 3.8) is 0 Å². The van der Waals surface area contributed by atoms with E-state index in [1.807, 2.05) is 13.0 Å². The molecule has 4 rings (SSSR count). The molecule has 0 spiro atoms. The van der Waals surface area contributed by atoms with Crippen LogP contribution in [0.1, 0.15) is 59.8 Å². The maximum atomic E-state index is 13.5. The Kier molecular flexibility index (Phi) is 9.40. The maximum absolute atomic E-state index is 13.5. The summed E-state index contributed by atoms with van der Waals surface area (Å²) in [4.78, 5) is 31.4. The van der Waals surface area contributed by atoms with Crippen molar-refractivity contribution in [3.05, 3.63) is 12.7 Å². The van der Waals surface area contributed by atoms with Crippen LogP contribution in [0, 0.1) is 34.0 Å². The van der Waals surface area contributed by atoms with Crippen molar-refractivity contribution < 1.29 is 24.5 Å². The highest BCUT2D eigenvalue weighted by Gasteiger charge is 2.68. The first-order valence-corrected chi connectivity index (χ1v) is 15.8. The molecule has 3 aliphatic carbocycles. The average Bonchev–Trinajstić information content (AvgIpc) is 3.26. The second kappa shape index (κ2) is 11.9. The van der Waals surface area contributed by atoms with Crippen LogP contribution in [0.15, 0.2) is 12.7 Å². The summed E-state index contributed by atoms with van der Waals surface area (Å²) in [5.74, 6) is 1.25. The Balaban J connectivity index is 1.44. The van der Waals surface area contributed by atoms with Crippen LogP contribution >= 0.6 is 11.8 Å². The van der Waals surface area contributed by atoms with Gasteiger partial charge in [0.25, 0.3) is 0 Å². The molecule has 7 nitrogen and oxygen atoms in total. The summed E-state index contributed by atoms with van der Waals surface area (Å²) in [5.41, 5.74) is -1.31. The van der Waals surface area contributed by atoms with E-state index in [9.17, 15) is 14.7 Å². The predicted molar refractivity (Wildman–Crippen MR) is 152 cm³/mol. The molecule has 8 heteroatoms. The van der Waals surface area contributed by atoms with Gasteiger partial charge in [-0.05, 0) is 42.9 Å². The van der Waals surface area contributed by atoms with Crippen LogP contribution in [0.4, 0.5) is 0 Å². The van der Waals surface area contributed by atoms with Crippen molar-refractivity contribution >= 4 is 23.5 Å². The fraction of sp³-hybridized carbons (Fsp3) is 0.867. The van der Waals surface area contributed by atoms with Crippen LogP contribution in [0.3, 0.4) is 0 Å². The number of piperazine rings is 1. The van der Waals surface area contributed by atoms with E-state index in [1.54, 1.807) is 11.8 Å². The lowest BCUT2D eigenvalue weighted by Gasteiger charge is -2.61. The molecule has 0 aromatic heterocycles. The minimum Gasteiger partial charge on any atom is -0.461 e. The van der Waals surface area contributed by atoms with Crippen molar-refractivity contribution in [3.8, 4) is 0 Å². The summed E-state index contributed by atoms with van der Waals surface area (Å²) in [6.45, 7) is 18.5. The van der Waals surface area contributed by atoms with Crippen LogP contribution < -0.4 is 0 Å². The molecule has 4 aliphatic rings. The molecule has 0 aromatic carbocycles. The van der Waals surface area contributed by atoms with Gasteiger partial charge in [0, 0.05) is 68.2 Å². The second-order valence-electron chi connectivity index (χ2n) is 13.0. The zero-order valence-corrected chi connectivity index (χ0v) is 24.8. The van der Waals surface area contributed by atoms with Gasteiger partial charge in [0.1, 0.15) is 11.9 Å². The molecule has 1 aliphatic heterocycles. The summed E-state index contributed by atoms with van der Waals surface area (Å²) in [6.07, 6.45) is 4.54. The van der Waals surface area contributed by atoms with E-state index in [0.29, 0.717) is 18.6 Å². The lowest BCUT2D eigenvalue weighted by molar-refractivity contribution is -0.205. The van der Waals surface area contributed by atoms with Crippen LogP contribution in [-0.4, -0.2) is 101 Å². The minimum atomic E-state index is -0.639. The first kappa shape index (κ1) is 30.0. The Labute approximate surface area is 233 Å². The molecule has 8 atom stereocenters. The summed E-state index contributed by atoms with van der Waals surface area (Å²) >= 11 is 1.61. The molecule has 8 unspecified atom stereocenters. The van der Waals surface area contributed by atoms with Gasteiger partial charge >= 0.3 is 5.97 Å². The number of hydrogen-bond donors (Lipinski definition) is 2. The third-order valence-corrected chi connectivity index (χ3v) is 12.1. The predicted octanol–water partition coefficient (Wildman–Crippen LogP) is 3.24. The fourth-order valence-electron chi connectivity index (χ4n) is 8.42. The van der Waals surface area contributed by atoms with E-state index in [2.05, 4.69) is 37.1 Å². The molecular formula is C30H50N2O5S. The Morgan fingerprint density at radius 1 is 1.16 bits per heavy atom. The summed E-state index contributed by atoms with van der Waals surface area (Å²) in [6, 6.07) is 0. The highest BCUT2D eigenvalue weighted by Crippen LogP contribution is 2.68. The number of rotatable bonds is 9. The Bertz CT molecular complexity index is 879. The minimum absolute atomic E-state index is 0.0218. The van der Waals surface area contributed by atoms with Gasteiger partial charge in [-0.1, -0.05) is 33.8 Å². The lowest BCUT2D eigenvalue weighted by atomic mass is 9.44. The second-order valence-corrected chi connectivity index (χ2v) is 14.1. The first-order valence-electron chi connectivity index (χ1n) is 14.7. The number of β-amino-alcohol motifs (C(OH)–C–C–N with tert-alkyl or cyclic N) is 1. The van der Waals surface area contributed by atoms with Gasteiger partial charge in [-0.15, -0.1) is 18.3 Å². The highest BCUT2D eigenvalue weighted by atomic mass is 32.2. The third-order valence-electron chi connectivity index (χ3n) is 11.2. The largest absolute Gasteiger partial charge is 0.461 e. The first-order chi connectivity index (χ1) is 18.0. The Morgan fingerprint density at radius 3 is 2.45 bits per heavy atom. The zero-order chi connectivity index (χ0) is 27.7. The number of Topliss-reactive ketones (excluding diaryl/α,β-unsaturated/α-hetero) is 1. The summed E-state index contributed by atoms with van der Waals surface area (Å²) in [7, 11) is 0. The molecule has 0 aromatic rings. The van der Waals surface area contributed by atoms with Crippen molar-refractivity contribution in [2.24, 2.45) is 34.0 Å². The normalized spacial score (nSPS) is 42.3. The lowest BCUT2D eigenvalue weighted by Crippen LogP contribution is -2.63. The molecule has 3 saturated carbocycles. The fourth-order valence-corrected chi connectivity index (χ4v) is 9.19. The van der Waals surface area contributed by atoms with E-state index >= 15 is 0 Å². The average molecular weight is 551 g/mol. The van der Waals surface area contributed by atoms with Gasteiger partial charge in [-0.25, -0.2) is 0 Å². The van der Waals surface area contributed by atoms with E-state index in [-0.39, 0.29) is 41.5 Å². The number of thioether (sulfide) groups is 1. The van der Waals surface area contributed by atoms with Gasteiger partial charge in [-0.2, -0.15) is 0 Å². The summed E-state index contributed by atoms with van der Waals surface area (Å²) < 4.78 is 6.34. The number of ketones is 1. The number of nitrogens with zero attached hydrogens (tertiary/aromatic N) is 2. The van der Waals surface area contributed by atoms with Crippen LogP contribution in [0.25, 0.3) is 0 Å². The van der Waals surface area contributed by atoms with Crippen molar-refractivity contribution in [1.29, 1.82) is 0 Å². The Morgan fingerprint density at radius 2 is 1.82 bits per heavy atom. The molecule has 38 heavy (non-hydrogen) atoms. The number of aliphatic hydroxyl groups is 2. The third kappa shape index (κ3) is 5.37. The number of carbonyl (C=O) groups is 2. The summed E-state index contributed by atoms with van der Waals surface area (Å²) in [5, 5.41) is 20.8. The molecule has 0 radical (unpaired) electrons. The number of aliphatic hydroxyl groups excluding tert-OH is 2. The van der Waals surface area contributed by atoms with Crippen molar-refractivity contribution in [2.45, 2.75) is 72.0 Å². The van der Waals surface area contributed by atoms with Crippen LogP contribution in [0.5, 0.6) is 0 Å². The van der Waals surface area contributed by atoms with E-state index in [1.165, 1.54) is 0 Å². The standard InChI is InChI=1S/C30H50N2O5S/c1-6-28(4)19-24(37-25(35)20-38-18-16-32-13-11-31(12-14-32)15-17-33)29(5)21(2)7-9-30(22(3)27(28)36)10-8-23(34)26(29)30/h6,21-22,24,26-27,33,36H,1,7-20H2,2-5H3. The number of carbonyl (C=O) groups excluding carboxylic acids is 2. The van der Waals surface area contributed by atoms with Crippen LogP contribution in [0.2, 0.25) is 0 Å². The monoisotopic (exact) mass is 550 g/mol. The van der Waals surface area contributed by atoms with E-state index in [4.69, 9.17) is 9.84 Å². The molecule has 1 saturated heterocycles. The molecule has 2 bridgehead atoms. The molecule has 4 fully saturated rings. The molecule has 0 amide bonds. The highest BCUT2D eigenvalue weighted by molar-refractivity contribution is 7.99. The molecular weight excluding hydrogens is 500 g/mol. The quantitative estimate of drug-likeness (QED) is 0.257. The topological polar surface area (TPSA) is 90.3 Å². The van der Waals surface area contributed by atoms with Crippen molar-refractivity contribution in [2.75, 3.05) is 57.4 Å².